The van der Waals surface area contributed by atoms with Crippen molar-refractivity contribution in [3.63, 3.8) is 0 Å². The number of carbonyl (C=O) groups excluding carboxylic acids is 2. The molecule has 10 heteroatoms. The Morgan fingerprint density at radius 2 is 1.66 bits per heavy atom. The van der Waals surface area contributed by atoms with Gasteiger partial charge >= 0.3 is 6.09 Å². The van der Waals surface area contributed by atoms with Crippen molar-refractivity contribution < 1.29 is 19.1 Å². The quantitative estimate of drug-likeness (QED) is 0.258. The van der Waals surface area contributed by atoms with Crippen LogP contribution in [-0.4, -0.2) is 59.9 Å². The van der Waals surface area contributed by atoms with Gasteiger partial charge in [-0.25, -0.2) is 14.8 Å². The fourth-order valence-corrected chi connectivity index (χ4v) is 4.96. The lowest BCUT2D eigenvalue weighted by Crippen LogP contribution is -2.51. The van der Waals surface area contributed by atoms with E-state index >= 15 is 0 Å². The standard InChI is InChI=1S/C34H38N6O4/c1-34(2,3)44-33(42)40(30(31(35)41)23-24-7-5-4-6-8-24)28-13-9-25(10-14-28)29-17-18-36-32(38-29)37-26-11-15-27(16-12-26)39-19-21-43-22-20-39/h4-18,30H,19-23H2,1-3H3,(H2,35,41)(H,36,37,38)/t30-/m0/s1. The molecule has 0 bridgehead atoms. The highest BCUT2D eigenvalue weighted by Crippen LogP contribution is 2.27. The minimum Gasteiger partial charge on any atom is -0.443 e. The first-order valence-corrected chi connectivity index (χ1v) is 14.6. The molecule has 0 spiro atoms. The molecule has 3 N–H and O–H groups in total. The summed E-state index contributed by atoms with van der Waals surface area (Å²) >= 11 is 0. The Balaban J connectivity index is 1.36. The maximum absolute atomic E-state index is 13.4. The molecule has 228 valence electrons. The van der Waals surface area contributed by atoms with Crippen LogP contribution in [0.2, 0.25) is 0 Å². The van der Waals surface area contributed by atoms with E-state index in [1.807, 2.05) is 60.7 Å². The van der Waals surface area contributed by atoms with Gasteiger partial charge in [-0.3, -0.25) is 9.69 Å². The molecule has 44 heavy (non-hydrogen) atoms. The first-order chi connectivity index (χ1) is 21.2. The maximum Gasteiger partial charge on any atom is 0.415 e. The molecule has 1 aromatic heterocycles. The Kier molecular flexibility index (Phi) is 9.40. The van der Waals surface area contributed by atoms with Crippen LogP contribution in [-0.2, 0) is 20.7 Å². The van der Waals surface area contributed by atoms with Gasteiger partial charge in [0, 0.05) is 48.3 Å². The molecule has 1 aliphatic heterocycles. The summed E-state index contributed by atoms with van der Waals surface area (Å²) in [5.41, 5.74) is 9.97. The lowest BCUT2D eigenvalue weighted by Gasteiger charge is -2.32. The van der Waals surface area contributed by atoms with Gasteiger partial charge in [-0.1, -0.05) is 42.5 Å². The number of ether oxygens (including phenoxy) is 2. The SMILES string of the molecule is CC(C)(C)OC(=O)N(c1ccc(-c2ccnc(Nc3ccc(N4CCOCC4)cc3)n2)cc1)[C@@H](Cc1ccccc1)C(N)=O. The number of amides is 2. The molecule has 1 fully saturated rings. The molecule has 1 atom stereocenters. The largest absolute Gasteiger partial charge is 0.443 e. The number of hydrogen-bond acceptors (Lipinski definition) is 8. The number of carbonyl (C=O) groups is 2. The van der Waals surface area contributed by atoms with Gasteiger partial charge in [0.15, 0.2) is 0 Å². The van der Waals surface area contributed by atoms with Gasteiger partial charge in [-0.15, -0.1) is 0 Å². The molecule has 5 rings (SSSR count). The summed E-state index contributed by atoms with van der Waals surface area (Å²) in [5, 5.41) is 3.27. The van der Waals surface area contributed by atoms with Gasteiger partial charge in [0.25, 0.3) is 0 Å². The number of rotatable bonds is 9. The summed E-state index contributed by atoms with van der Waals surface area (Å²) in [7, 11) is 0. The monoisotopic (exact) mass is 594 g/mol. The van der Waals surface area contributed by atoms with Gasteiger partial charge < -0.3 is 25.4 Å². The number of benzene rings is 3. The Morgan fingerprint density at radius 3 is 2.30 bits per heavy atom. The van der Waals surface area contributed by atoms with Crippen molar-refractivity contribution in [2.24, 2.45) is 5.73 Å². The minimum atomic E-state index is -0.956. The van der Waals surface area contributed by atoms with Crippen LogP contribution in [0.1, 0.15) is 26.3 Å². The first kappa shape index (κ1) is 30.5. The van der Waals surface area contributed by atoms with Crippen molar-refractivity contribution in [3.05, 3.63) is 96.7 Å². The van der Waals surface area contributed by atoms with Crippen molar-refractivity contribution in [1.82, 2.24) is 9.97 Å². The number of hydrogen-bond donors (Lipinski definition) is 2. The van der Waals surface area contributed by atoms with Crippen LogP contribution in [0.25, 0.3) is 11.3 Å². The third-order valence-corrected chi connectivity index (χ3v) is 7.10. The summed E-state index contributed by atoms with van der Waals surface area (Å²) in [6.45, 7) is 8.57. The van der Waals surface area contributed by atoms with Crippen molar-refractivity contribution in [1.29, 1.82) is 0 Å². The van der Waals surface area contributed by atoms with Gasteiger partial charge in [0.1, 0.15) is 11.6 Å². The molecule has 0 unspecified atom stereocenters. The van der Waals surface area contributed by atoms with Crippen molar-refractivity contribution >= 4 is 35.0 Å². The highest BCUT2D eigenvalue weighted by Gasteiger charge is 2.33. The second-order valence-electron chi connectivity index (χ2n) is 11.5. The maximum atomic E-state index is 13.4. The molecule has 3 aromatic carbocycles. The highest BCUT2D eigenvalue weighted by atomic mass is 16.6. The number of nitrogens with zero attached hydrogens (tertiary/aromatic N) is 4. The molecule has 0 saturated carbocycles. The lowest BCUT2D eigenvalue weighted by molar-refractivity contribution is -0.119. The van der Waals surface area contributed by atoms with Crippen LogP contribution in [0.5, 0.6) is 0 Å². The third-order valence-electron chi connectivity index (χ3n) is 7.10. The summed E-state index contributed by atoms with van der Waals surface area (Å²) < 4.78 is 11.1. The third kappa shape index (κ3) is 7.90. The Hall–Kier alpha value is -4.96. The Bertz CT molecular complexity index is 1550. The molecule has 1 saturated heterocycles. The predicted molar refractivity (Wildman–Crippen MR) is 172 cm³/mol. The van der Waals surface area contributed by atoms with Crippen LogP contribution < -0.4 is 20.9 Å². The van der Waals surface area contributed by atoms with Gasteiger partial charge in [0.05, 0.1) is 18.9 Å². The number of anilines is 4. The summed E-state index contributed by atoms with van der Waals surface area (Å²) in [4.78, 5) is 38.9. The van der Waals surface area contributed by atoms with Crippen molar-refractivity contribution in [2.45, 2.75) is 38.8 Å². The van der Waals surface area contributed by atoms with Gasteiger partial charge in [-0.05, 0) is 68.8 Å². The van der Waals surface area contributed by atoms with Gasteiger partial charge in [-0.2, -0.15) is 0 Å². The number of nitrogens with one attached hydrogen (secondary N) is 1. The second-order valence-corrected chi connectivity index (χ2v) is 11.5. The molecule has 10 nitrogen and oxygen atoms in total. The average molecular weight is 595 g/mol. The van der Waals surface area contributed by atoms with Crippen molar-refractivity contribution in [2.75, 3.05) is 41.4 Å². The normalized spacial score (nSPS) is 14.0. The number of primary amides is 1. The fourth-order valence-electron chi connectivity index (χ4n) is 4.96. The zero-order valence-corrected chi connectivity index (χ0v) is 25.3. The van der Waals surface area contributed by atoms with Crippen LogP contribution >= 0.6 is 0 Å². The molecular weight excluding hydrogens is 556 g/mol. The molecule has 0 radical (unpaired) electrons. The van der Waals surface area contributed by atoms with Crippen LogP contribution in [0.4, 0.5) is 27.8 Å². The molecule has 2 amide bonds. The zero-order valence-electron chi connectivity index (χ0n) is 25.3. The van der Waals surface area contributed by atoms with E-state index in [0.717, 1.165) is 48.8 Å². The van der Waals surface area contributed by atoms with E-state index in [2.05, 4.69) is 27.3 Å². The molecule has 0 aliphatic carbocycles. The molecule has 4 aromatic rings. The average Bonchev–Trinajstić information content (AvgIpc) is 3.02. The topological polar surface area (TPSA) is 123 Å². The molecule has 2 heterocycles. The fraction of sp³-hybridized carbons (Fsp3) is 0.294. The second kappa shape index (κ2) is 13.6. The van der Waals surface area contributed by atoms with Crippen LogP contribution in [0.3, 0.4) is 0 Å². The van der Waals surface area contributed by atoms with Crippen LogP contribution in [0, 0.1) is 0 Å². The van der Waals surface area contributed by atoms with Crippen LogP contribution in [0.15, 0.2) is 91.1 Å². The Morgan fingerprint density at radius 1 is 0.977 bits per heavy atom. The first-order valence-electron chi connectivity index (χ1n) is 14.6. The highest BCUT2D eigenvalue weighted by molar-refractivity contribution is 5.97. The summed E-state index contributed by atoms with van der Waals surface area (Å²) in [5.74, 6) is -0.175. The minimum absolute atomic E-state index is 0.242. The Labute approximate surface area is 257 Å². The van der Waals surface area contributed by atoms with E-state index in [0.29, 0.717) is 17.3 Å². The number of aromatic nitrogens is 2. The van der Waals surface area contributed by atoms with E-state index in [1.165, 1.54) is 4.90 Å². The van der Waals surface area contributed by atoms with E-state index in [4.69, 9.17) is 20.2 Å². The molecule has 1 aliphatic rings. The van der Waals surface area contributed by atoms with E-state index < -0.39 is 23.6 Å². The summed E-state index contributed by atoms with van der Waals surface area (Å²) in [6, 6.07) is 25.7. The predicted octanol–water partition coefficient (Wildman–Crippen LogP) is 5.56. The molecular formula is C34H38N6O4. The zero-order chi connectivity index (χ0) is 31.1. The smallest absolute Gasteiger partial charge is 0.415 e. The van der Waals surface area contributed by atoms with Crippen molar-refractivity contribution in [3.8, 4) is 11.3 Å². The van der Waals surface area contributed by atoms with E-state index in [9.17, 15) is 9.59 Å². The lowest BCUT2D eigenvalue weighted by atomic mass is 10.0. The van der Waals surface area contributed by atoms with E-state index in [1.54, 1.807) is 39.1 Å². The number of nitrogens with two attached hydrogens (primary N) is 1. The van der Waals surface area contributed by atoms with Gasteiger partial charge in [0.2, 0.25) is 11.9 Å². The number of morpholine rings is 1. The van der Waals surface area contributed by atoms with E-state index in [-0.39, 0.29) is 6.42 Å². The summed E-state index contributed by atoms with van der Waals surface area (Å²) in [6.07, 6.45) is 1.28.